The predicted molar refractivity (Wildman–Crippen MR) is 111 cm³/mol. The van der Waals surface area contributed by atoms with Gasteiger partial charge in [0.05, 0.1) is 10.8 Å². The minimum absolute atomic E-state index is 0.00847. The van der Waals surface area contributed by atoms with Crippen LogP contribution in [0, 0.1) is 12.8 Å². The van der Waals surface area contributed by atoms with Gasteiger partial charge in [-0.3, -0.25) is 14.2 Å². The number of aryl methyl sites for hydroxylation is 1. The summed E-state index contributed by atoms with van der Waals surface area (Å²) in [5, 5.41) is 4.92. The first-order valence-corrected chi connectivity index (χ1v) is 10.6. The second-order valence-corrected chi connectivity index (χ2v) is 8.10. The summed E-state index contributed by atoms with van der Waals surface area (Å²) in [6.45, 7) is 3.52. The monoisotopic (exact) mass is 409 g/mol. The molecule has 1 aliphatic heterocycles. The third-order valence-corrected chi connectivity index (χ3v) is 6.02. The number of carbonyl (C=O) groups excluding carboxylic acids is 2. The van der Waals surface area contributed by atoms with Crippen LogP contribution in [0.2, 0.25) is 0 Å². The van der Waals surface area contributed by atoms with Crippen molar-refractivity contribution in [2.45, 2.75) is 26.3 Å². The number of carbonyl (C=O) groups is 2. The first-order valence-electron chi connectivity index (χ1n) is 9.67. The van der Waals surface area contributed by atoms with Gasteiger partial charge in [0.1, 0.15) is 11.6 Å². The molecule has 0 aliphatic carbocycles. The summed E-state index contributed by atoms with van der Waals surface area (Å²) < 4.78 is 1.90. The van der Waals surface area contributed by atoms with Crippen LogP contribution in [-0.2, 0) is 11.3 Å². The van der Waals surface area contributed by atoms with Crippen LogP contribution in [-0.4, -0.2) is 44.3 Å². The second-order valence-electron chi connectivity index (χ2n) is 7.15. The molecule has 7 nitrogen and oxygen atoms in total. The lowest BCUT2D eigenvalue weighted by molar-refractivity contribution is -0.126. The van der Waals surface area contributed by atoms with Crippen molar-refractivity contribution in [3.8, 4) is 5.82 Å². The van der Waals surface area contributed by atoms with Crippen molar-refractivity contribution in [3.05, 3.63) is 64.5 Å². The van der Waals surface area contributed by atoms with E-state index in [1.165, 1.54) is 11.3 Å². The molecule has 0 aromatic carbocycles. The lowest BCUT2D eigenvalue weighted by Gasteiger charge is -2.31. The van der Waals surface area contributed by atoms with Crippen molar-refractivity contribution >= 4 is 23.2 Å². The van der Waals surface area contributed by atoms with Crippen molar-refractivity contribution in [1.29, 1.82) is 0 Å². The molecule has 1 fully saturated rings. The molecule has 1 atom stereocenters. The van der Waals surface area contributed by atoms with Gasteiger partial charge < -0.3 is 10.2 Å². The molecule has 3 aromatic heterocycles. The smallest absolute Gasteiger partial charge is 0.263 e. The number of hydrogen-bond donors (Lipinski definition) is 1. The number of amides is 2. The molecular formula is C21H23N5O2S. The standard InChI is InChI=1S/C21H23N5O2S/c1-15-22-8-10-26(15)19-12-16(6-7-23-19)13-24-20(27)17-4-2-9-25(14-17)21(28)18-5-3-11-29-18/h3,5-8,10-12,17H,2,4,9,13-14H2,1H3,(H,24,27)/t17-/m1/s1. The highest BCUT2D eigenvalue weighted by Crippen LogP contribution is 2.21. The van der Waals surface area contributed by atoms with Gasteiger partial charge >= 0.3 is 0 Å². The number of aromatic nitrogens is 3. The van der Waals surface area contributed by atoms with Gasteiger partial charge in [0, 0.05) is 38.2 Å². The number of nitrogens with one attached hydrogen (secondary N) is 1. The van der Waals surface area contributed by atoms with Crippen LogP contribution in [0.3, 0.4) is 0 Å². The van der Waals surface area contributed by atoms with Crippen LogP contribution in [0.1, 0.15) is 33.9 Å². The van der Waals surface area contributed by atoms with Crippen molar-refractivity contribution in [1.82, 2.24) is 24.8 Å². The molecule has 2 amide bonds. The predicted octanol–water partition coefficient (Wildman–Crippen LogP) is 2.81. The maximum Gasteiger partial charge on any atom is 0.263 e. The van der Waals surface area contributed by atoms with Crippen LogP contribution in [0.15, 0.2) is 48.2 Å². The summed E-state index contributed by atoms with van der Waals surface area (Å²) in [6.07, 6.45) is 6.97. The molecule has 0 bridgehead atoms. The van der Waals surface area contributed by atoms with Gasteiger partial charge in [0.25, 0.3) is 5.91 Å². The van der Waals surface area contributed by atoms with E-state index >= 15 is 0 Å². The Morgan fingerprint density at radius 1 is 1.28 bits per heavy atom. The summed E-state index contributed by atoms with van der Waals surface area (Å²) in [6, 6.07) is 7.55. The fourth-order valence-electron chi connectivity index (χ4n) is 3.59. The first kappa shape index (κ1) is 19.3. The van der Waals surface area contributed by atoms with E-state index in [4.69, 9.17) is 0 Å². The fraction of sp³-hybridized carbons (Fsp3) is 0.333. The number of imidazole rings is 1. The Morgan fingerprint density at radius 2 is 2.17 bits per heavy atom. The summed E-state index contributed by atoms with van der Waals surface area (Å²) in [5.74, 6) is 1.47. The molecule has 29 heavy (non-hydrogen) atoms. The maximum atomic E-state index is 12.7. The van der Waals surface area contributed by atoms with Gasteiger partial charge in [-0.2, -0.15) is 0 Å². The lowest BCUT2D eigenvalue weighted by atomic mass is 9.97. The Balaban J connectivity index is 1.36. The van der Waals surface area contributed by atoms with Crippen LogP contribution >= 0.6 is 11.3 Å². The van der Waals surface area contributed by atoms with E-state index < -0.39 is 0 Å². The number of thiophene rings is 1. The van der Waals surface area contributed by atoms with Gasteiger partial charge in [-0.1, -0.05) is 6.07 Å². The molecule has 1 aliphatic rings. The fourth-order valence-corrected chi connectivity index (χ4v) is 4.28. The van der Waals surface area contributed by atoms with Gasteiger partial charge in [-0.05, 0) is 48.9 Å². The number of likely N-dealkylation sites (tertiary alicyclic amines) is 1. The van der Waals surface area contributed by atoms with Gasteiger partial charge in [0.2, 0.25) is 5.91 Å². The summed E-state index contributed by atoms with van der Waals surface area (Å²) in [7, 11) is 0. The van der Waals surface area contributed by atoms with Gasteiger partial charge in [-0.15, -0.1) is 11.3 Å². The van der Waals surface area contributed by atoms with Crippen LogP contribution in [0.25, 0.3) is 5.82 Å². The molecule has 3 aromatic rings. The van der Waals surface area contributed by atoms with Crippen molar-refractivity contribution in [2.24, 2.45) is 5.92 Å². The normalized spacial score (nSPS) is 16.6. The molecule has 4 rings (SSSR count). The third kappa shape index (κ3) is 4.37. The second kappa shape index (κ2) is 8.57. The summed E-state index contributed by atoms with van der Waals surface area (Å²) >= 11 is 1.44. The summed E-state index contributed by atoms with van der Waals surface area (Å²) in [4.78, 5) is 36.4. The van der Waals surface area contributed by atoms with Crippen molar-refractivity contribution in [2.75, 3.05) is 13.1 Å². The van der Waals surface area contributed by atoms with Crippen LogP contribution < -0.4 is 5.32 Å². The van der Waals surface area contributed by atoms with E-state index in [1.807, 2.05) is 47.3 Å². The molecule has 150 valence electrons. The average molecular weight is 410 g/mol. The average Bonchev–Trinajstić information content (AvgIpc) is 3.44. The van der Waals surface area contributed by atoms with Gasteiger partial charge in [0.15, 0.2) is 0 Å². The number of pyridine rings is 1. The van der Waals surface area contributed by atoms with Gasteiger partial charge in [-0.25, -0.2) is 9.97 Å². The Bertz CT molecular complexity index is 998. The highest BCUT2D eigenvalue weighted by molar-refractivity contribution is 7.12. The van der Waals surface area contributed by atoms with E-state index in [9.17, 15) is 9.59 Å². The zero-order valence-corrected chi connectivity index (χ0v) is 17.1. The van der Waals surface area contributed by atoms with E-state index in [1.54, 1.807) is 17.3 Å². The minimum Gasteiger partial charge on any atom is -0.352 e. The number of piperidine rings is 1. The SMILES string of the molecule is Cc1nccn1-c1cc(CNC(=O)[C@@H]2CCCN(C(=O)c3cccs3)C2)ccn1. The van der Waals surface area contributed by atoms with Crippen molar-refractivity contribution in [3.63, 3.8) is 0 Å². The van der Waals surface area contributed by atoms with Crippen LogP contribution in [0.5, 0.6) is 0 Å². The molecule has 4 heterocycles. The highest BCUT2D eigenvalue weighted by atomic mass is 32.1. The zero-order valence-electron chi connectivity index (χ0n) is 16.2. The topological polar surface area (TPSA) is 80.1 Å². The van der Waals surface area contributed by atoms with Crippen molar-refractivity contribution < 1.29 is 9.59 Å². The maximum absolute atomic E-state index is 12.7. The van der Waals surface area contributed by atoms with E-state index in [2.05, 4.69) is 15.3 Å². The molecule has 0 saturated carbocycles. The molecular weight excluding hydrogens is 386 g/mol. The quantitative estimate of drug-likeness (QED) is 0.703. The van der Waals surface area contributed by atoms with E-state index in [0.29, 0.717) is 19.6 Å². The Morgan fingerprint density at radius 3 is 2.93 bits per heavy atom. The molecule has 1 N–H and O–H groups in total. The number of nitrogens with zero attached hydrogens (tertiary/aromatic N) is 4. The molecule has 0 spiro atoms. The Kier molecular flexibility index (Phi) is 5.71. The minimum atomic E-state index is -0.176. The lowest BCUT2D eigenvalue weighted by Crippen LogP contribution is -2.45. The van der Waals surface area contributed by atoms with E-state index in [-0.39, 0.29) is 17.7 Å². The molecule has 8 heteroatoms. The van der Waals surface area contributed by atoms with Crippen LogP contribution in [0.4, 0.5) is 0 Å². The zero-order chi connectivity index (χ0) is 20.2. The highest BCUT2D eigenvalue weighted by Gasteiger charge is 2.29. The summed E-state index contributed by atoms with van der Waals surface area (Å²) in [5.41, 5.74) is 0.971. The third-order valence-electron chi connectivity index (χ3n) is 5.16. The number of rotatable bonds is 5. The Hall–Kier alpha value is -3.00. The molecule has 0 unspecified atom stereocenters. The van der Waals surface area contributed by atoms with E-state index in [0.717, 1.165) is 34.9 Å². The molecule has 1 saturated heterocycles. The molecule has 0 radical (unpaired) electrons. The number of hydrogen-bond acceptors (Lipinski definition) is 5. The Labute approximate surface area is 173 Å². The first-order chi connectivity index (χ1) is 14.1. The largest absolute Gasteiger partial charge is 0.352 e.